The molecule has 1 aliphatic rings. The van der Waals surface area contributed by atoms with Crippen LogP contribution >= 0.6 is 0 Å². The molecule has 1 aliphatic heterocycles. The van der Waals surface area contributed by atoms with Gasteiger partial charge in [0.1, 0.15) is 12.5 Å². The second-order valence-electron chi connectivity index (χ2n) is 9.47. The molecule has 0 aromatic carbocycles. The van der Waals surface area contributed by atoms with E-state index in [1.54, 1.807) is 23.8 Å². The van der Waals surface area contributed by atoms with Gasteiger partial charge in [-0.2, -0.15) is 0 Å². The lowest BCUT2D eigenvalue weighted by Crippen LogP contribution is -2.36. The minimum Gasteiger partial charge on any atom is -0.461 e. The van der Waals surface area contributed by atoms with Crippen molar-refractivity contribution in [2.24, 2.45) is 0 Å². The highest BCUT2D eigenvalue weighted by Gasteiger charge is 2.26. The number of aromatic nitrogens is 2. The van der Waals surface area contributed by atoms with E-state index in [1.165, 1.54) is 0 Å². The zero-order valence-corrected chi connectivity index (χ0v) is 20.3. The van der Waals surface area contributed by atoms with E-state index in [9.17, 15) is 4.79 Å². The average molecular weight is 451 g/mol. The van der Waals surface area contributed by atoms with Crippen LogP contribution < -0.4 is 5.32 Å². The monoisotopic (exact) mass is 450 g/mol. The van der Waals surface area contributed by atoms with Gasteiger partial charge < -0.3 is 24.3 Å². The molecule has 9 heteroatoms. The number of carbonyl (C=O) groups is 1. The van der Waals surface area contributed by atoms with E-state index in [2.05, 4.69) is 41.9 Å². The Kier molecular flexibility index (Phi) is 7.71. The molecule has 0 radical (unpaired) electrons. The number of halogens is 1. The number of hydrogen-bond donors (Lipinski definition) is 1. The van der Waals surface area contributed by atoms with Gasteiger partial charge >= 0.3 is 5.97 Å². The van der Waals surface area contributed by atoms with Crippen LogP contribution in [0.15, 0.2) is 12.3 Å². The van der Waals surface area contributed by atoms with Gasteiger partial charge in [0.25, 0.3) is 0 Å². The van der Waals surface area contributed by atoms with Gasteiger partial charge in [0.15, 0.2) is 11.5 Å². The lowest BCUT2D eigenvalue weighted by molar-refractivity contribution is 0.0470. The summed E-state index contributed by atoms with van der Waals surface area (Å²) in [6, 6.07) is 2.98. The largest absolute Gasteiger partial charge is 0.461 e. The topological polar surface area (TPSA) is 68.6 Å². The molecule has 0 unspecified atom stereocenters. The minimum atomic E-state index is -1.25. The highest BCUT2D eigenvalue weighted by atomic mass is 28.3. The Hall–Kier alpha value is -1.97. The van der Waals surface area contributed by atoms with Crippen LogP contribution in [0.3, 0.4) is 0 Å². The zero-order chi connectivity index (χ0) is 22.6. The summed E-state index contributed by atoms with van der Waals surface area (Å²) in [6.07, 6.45) is 3.64. The molecule has 0 aliphatic carbocycles. The number of anilines is 1. The lowest BCUT2D eigenvalue weighted by atomic mass is 10.1. The number of hydrogen-bond acceptors (Lipinski definition) is 6. The Labute approximate surface area is 184 Å². The van der Waals surface area contributed by atoms with Crippen LogP contribution in [0, 0.1) is 5.82 Å². The fourth-order valence-electron chi connectivity index (χ4n) is 3.71. The summed E-state index contributed by atoms with van der Waals surface area (Å²) in [7, 11) is 0.863. The molecule has 2 aromatic rings. The van der Waals surface area contributed by atoms with E-state index < -0.39 is 19.9 Å². The van der Waals surface area contributed by atoms with E-state index in [4.69, 9.17) is 9.47 Å². The number of esters is 1. The summed E-state index contributed by atoms with van der Waals surface area (Å²) >= 11 is 0. The van der Waals surface area contributed by atoms with Crippen molar-refractivity contribution in [1.29, 1.82) is 0 Å². The van der Waals surface area contributed by atoms with Crippen molar-refractivity contribution in [3.8, 4) is 0 Å². The predicted molar refractivity (Wildman–Crippen MR) is 124 cm³/mol. The minimum absolute atomic E-state index is 0.0858. The summed E-state index contributed by atoms with van der Waals surface area (Å²) in [5.41, 5.74) is 0.422. The second kappa shape index (κ2) is 10.1. The van der Waals surface area contributed by atoms with Crippen molar-refractivity contribution in [2.75, 3.05) is 38.7 Å². The van der Waals surface area contributed by atoms with Gasteiger partial charge in [0.2, 0.25) is 0 Å². The number of ether oxygens (including phenoxy) is 2. The van der Waals surface area contributed by atoms with Crippen molar-refractivity contribution in [2.45, 2.75) is 58.2 Å². The highest BCUT2D eigenvalue weighted by Crippen LogP contribution is 2.28. The Morgan fingerprint density at radius 2 is 2.03 bits per heavy atom. The van der Waals surface area contributed by atoms with Crippen molar-refractivity contribution in [3.63, 3.8) is 0 Å². The molecular formula is C22H35FN4O3Si. The van der Waals surface area contributed by atoms with Crippen LogP contribution in [0.5, 0.6) is 0 Å². The molecule has 0 saturated carbocycles. The van der Waals surface area contributed by atoms with E-state index in [0.717, 1.165) is 32.0 Å². The SMILES string of the molecule is CCOC(=O)c1c(F)c2cc(NC3CCN(C)CC3)ncc2n1COCC[Si](C)(C)C. The van der Waals surface area contributed by atoms with Crippen LogP contribution in [0.25, 0.3) is 10.9 Å². The smallest absolute Gasteiger partial charge is 0.358 e. The first-order valence-electron chi connectivity index (χ1n) is 11.1. The van der Waals surface area contributed by atoms with E-state index in [0.29, 0.717) is 29.4 Å². The van der Waals surface area contributed by atoms with Crippen LogP contribution in [-0.4, -0.2) is 67.9 Å². The molecule has 172 valence electrons. The van der Waals surface area contributed by atoms with Crippen LogP contribution in [-0.2, 0) is 16.2 Å². The molecule has 0 atom stereocenters. The number of likely N-dealkylation sites (tertiary alicyclic amines) is 1. The third-order valence-corrected chi connectivity index (χ3v) is 7.35. The summed E-state index contributed by atoms with van der Waals surface area (Å²) in [6.45, 7) is 11.4. The summed E-state index contributed by atoms with van der Waals surface area (Å²) in [5, 5.41) is 3.77. The quantitative estimate of drug-likeness (QED) is 0.351. The van der Waals surface area contributed by atoms with Crippen molar-refractivity contribution >= 4 is 30.8 Å². The molecule has 7 nitrogen and oxygen atoms in total. The van der Waals surface area contributed by atoms with Gasteiger partial charge in [-0.1, -0.05) is 19.6 Å². The van der Waals surface area contributed by atoms with Crippen molar-refractivity contribution < 1.29 is 18.7 Å². The third-order valence-electron chi connectivity index (χ3n) is 5.64. The molecule has 0 bridgehead atoms. The van der Waals surface area contributed by atoms with Crippen molar-refractivity contribution in [3.05, 3.63) is 23.8 Å². The number of piperidine rings is 1. The van der Waals surface area contributed by atoms with E-state index in [1.807, 2.05) is 0 Å². The lowest BCUT2D eigenvalue weighted by Gasteiger charge is -2.29. The number of fused-ring (bicyclic) bond motifs is 1. The molecular weight excluding hydrogens is 415 g/mol. The second-order valence-corrected chi connectivity index (χ2v) is 15.1. The molecule has 31 heavy (non-hydrogen) atoms. The Balaban J connectivity index is 1.85. The maximum absolute atomic E-state index is 15.3. The Morgan fingerprint density at radius 1 is 1.32 bits per heavy atom. The number of nitrogens with one attached hydrogen (secondary N) is 1. The molecule has 0 amide bonds. The predicted octanol–water partition coefficient (Wildman–Crippen LogP) is 4.17. The first-order chi connectivity index (χ1) is 14.7. The molecule has 2 aromatic heterocycles. The third kappa shape index (κ3) is 6.05. The van der Waals surface area contributed by atoms with Crippen LogP contribution in [0.2, 0.25) is 25.7 Å². The summed E-state index contributed by atoms with van der Waals surface area (Å²) in [5.74, 6) is -0.654. The Bertz CT molecular complexity index is 904. The van der Waals surface area contributed by atoms with Gasteiger partial charge in [0, 0.05) is 26.1 Å². The highest BCUT2D eigenvalue weighted by molar-refractivity contribution is 6.76. The van der Waals surface area contributed by atoms with Gasteiger partial charge in [-0.3, -0.25) is 0 Å². The van der Waals surface area contributed by atoms with Crippen molar-refractivity contribution in [1.82, 2.24) is 14.5 Å². The maximum Gasteiger partial charge on any atom is 0.358 e. The van der Waals surface area contributed by atoms with Gasteiger partial charge in [-0.15, -0.1) is 0 Å². The number of nitrogens with zero attached hydrogens (tertiary/aromatic N) is 3. The molecule has 1 fully saturated rings. The normalized spacial score (nSPS) is 16.1. The van der Waals surface area contributed by atoms with Gasteiger partial charge in [-0.05, 0) is 52.0 Å². The fraction of sp³-hybridized carbons (Fsp3) is 0.636. The average Bonchev–Trinajstić information content (AvgIpc) is 2.98. The van der Waals surface area contributed by atoms with E-state index >= 15 is 4.39 Å². The Morgan fingerprint density at radius 3 is 2.68 bits per heavy atom. The number of pyridine rings is 1. The maximum atomic E-state index is 15.3. The molecule has 1 N–H and O–H groups in total. The number of carbonyl (C=O) groups excluding carboxylic acids is 1. The molecule has 0 spiro atoms. The fourth-order valence-corrected chi connectivity index (χ4v) is 4.47. The first kappa shape index (κ1) is 23.7. The van der Waals surface area contributed by atoms with Gasteiger partial charge in [-0.25, -0.2) is 14.2 Å². The summed E-state index contributed by atoms with van der Waals surface area (Å²) < 4.78 is 27.8. The summed E-state index contributed by atoms with van der Waals surface area (Å²) in [4.78, 5) is 19.3. The molecule has 3 rings (SSSR count). The van der Waals surface area contributed by atoms with Crippen LogP contribution in [0.4, 0.5) is 10.2 Å². The number of rotatable bonds is 9. The van der Waals surface area contributed by atoms with Crippen LogP contribution in [0.1, 0.15) is 30.3 Å². The standard InChI is InChI=1S/C22H35FN4O3Si/c1-6-30-22(28)21-20(23)17-13-19(25-16-7-9-26(2)10-8-16)24-14-18(17)27(21)15-29-11-12-31(3,4)5/h13-14,16H,6-12,15H2,1-5H3,(H,24,25). The zero-order valence-electron chi connectivity index (χ0n) is 19.3. The van der Waals surface area contributed by atoms with E-state index in [-0.39, 0.29) is 19.0 Å². The molecule has 1 saturated heterocycles. The van der Waals surface area contributed by atoms with Gasteiger partial charge in [0.05, 0.1) is 18.3 Å². The molecule has 3 heterocycles. The first-order valence-corrected chi connectivity index (χ1v) is 14.8.